The molecule has 8 heteroatoms. The van der Waals surface area contributed by atoms with Crippen LogP contribution in [0.15, 0.2) is 52.3 Å². The summed E-state index contributed by atoms with van der Waals surface area (Å²) >= 11 is 1.61. The third-order valence-corrected chi connectivity index (χ3v) is 8.04. The van der Waals surface area contributed by atoms with E-state index < -0.39 is 10.0 Å². The van der Waals surface area contributed by atoms with Gasteiger partial charge in [0.25, 0.3) is 0 Å². The fourth-order valence-electron chi connectivity index (χ4n) is 3.55. The van der Waals surface area contributed by atoms with Gasteiger partial charge in [0.1, 0.15) is 0 Å². The summed E-state index contributed by atoms with van der Waals surface area (Å²) in [5, 5.41) is 5.95. The van der Waals surface area contributed by atoms with Crippen molar-refractivity contribution >= 4 is 39.1 Å². The predicted molar refractivity (Wildman–Crippen MR) is 124 cm³/mol. The van der Waals surface area contributed by atoms with E-state index in [1.54, 1.807) is 41.2 Å². The highest BCUT2D eigenvalue weighted by atomic mass is 32.2. The van der Waals surface area contributed by atoms with Gasteiger partial charge in [0, 0.05) is 29.4 Å². The molecule has 1 aliphatic heterocycles. The number of amides is 1. The van der Waals surface area contributed by atoms with Gasteiger partial charge in [-0.15, -0.1) is 11.8 Å². The van der Waals surface area contributed by atoms with E-state index in [2.05, 4.69) is 10.6 Å². The van der Waals surface area contributed by atoms with Crippen molar-refractivity contribution in [3.05, 3.63) is 48.0 Å². The van der Waals surface area contributed by atoms with Crippen LogP contribution >= 0.6 is 11.8 Å². The lowest BCUT2D eigenvalue weighted by atomic mass is 10.2. The largest absolute Gasteiger partial charge is 0.375 e. The molecular formula is C22H29N3O3S2. The van der Waals surface area contributed by atoms with E-state index in [0.29, 0.717) is 24.3 Å². The van der Waals surface area contributed by atoms with Gasteiger partial charge in [-0.05, 0) is 55.9 Å². The van der Waals surface area contributed by atoms with E-state index in [-0.39, 0.29) is 17.3 Å². The Hall–Kier alpha value is -2.03. The first kappa shape index (κ1) is 22.7. The molecule has 0 radical (unpaired) electrons. The maximum atomic E-state index is 13.2. The van der Waals surface area contributed by atoms with Crippen LogP contribution in [-0.4, -0.2) is 44.5 Å². The first-order valence-electron chi connectivity index (χ1n) is 10.2. The molecule has 30 heavy (non-hydrogen) atoms. The molecule has 2 N–H and O–H groups in total. The van der Waals surface area contributed by atoms with Crippen LogP contribution in [0.2, 0.25) is 0 Å². The minimum absolute atomic E-state index is 0.0969. The summed E-state index contributed by atoms with van der Waals surface area (Å²) in [5.74, 6) is -0.229. The Bertz CT molecular complexity index is 985. The molecule has 0 atom stereocenters. The number of para-hydroxylation sites is 1. The standard InChI is InChI=1S/C22H29N3O3S2/c1-17-11-12-18(15-21(17)30(27,28)25-13-7-3-4-8-14-25)24-22(26)16-23-19-9-5-6-10-20(19)29-2/h5-6,9-12,15,23H,3-4,7-8,13-14,16H2,1-2H3,(H,24,26). The molecule has 0 spiro atoms. The number of carbonyl (C=O) groups excluding carboxylic acids is 1. The van der Waals surface area contributed by atoms with Crippen LogP contribution < -0.4 is 10.6 Å². The number of carbonyl (C=O) groups is 1. The minimum atomic E-state index is -3.57. The number of nitrogens with one attached hydrogen (secondary N) is 2. The lowest BCUT2D eigenvalue weighted by Crippen LogP contribution is -2.32. The molecular weight excluding hydrogens is 418 g/mol. The van der Waals surface area contributed by atoms with Gasteiger partial charge in [-0.2, -0.15) is 4.31 Å². The quantitative estimate of drug-likeness (QED) is 0.618. The van der Waals surface area contributed by atoms with E-state index in [1.807, 2.05) is 30.5 Å². The highest BCUT2D eigenvalue weighted by Gasteiger charge is 2.27. The first-order valence-corrected chi connectivity index (χ1v) is 12.9. The van der Waals surface area contributed by atoms with E-state index in [9.17, 15) is 13.2 Å². The Balaban J connectivity index is 1.70. The first-order chi connectivity index (χ1) is 14.4. The summed E-state index contributed by atoms with van der Waals surface area (Å²) in [7, 11) is -3.57. The zero-order valence-electron chi connectivity index (χ0n) is 17.5. The van der Waals surface area contributed by atoms with Crippen molar-refractivity contribution in [2.24, 2.45) is 0 Å². The summed E-state index contributed by atoms with van der Waals surface area (Å²) < 4.78 is 27.9. The van der Waals surface area contributed by atoms with Gasteiger partial charge in [-0.3, -0.25) is 4.79 Å². The van der Waals surface area contributed by atoms with Crippen LogP contribution in [0.5, 0.6) is 0 Å². The van der Waals surface area contributed by atoms with Crippen LogP contribution in [0.4, 0.5) is 11.4 Å². The number of benzene rings is 2. The van der Waals surface area contributed by atoms with Gasteiger partial charge in [-0.25, -0.2) is 8.42 Å². The molecule has 1 aliphatic rings. The van der Waals surface area contributed by atoms with Crippen molar-refractivity contribution in [1.29, 1.82) is 0 Å². The molecule has 0 aromatic heterocycles. The lowest BCUT2D eigenvalue weighted by molar-refractivity contribution is -0.114. The Morgan fingerprint density at radius 3 is 2.47 bits per heavy atom. The fourth-order valence-corrected chi connectivity index (χ4v) is 5.89. The van der Waals surface area contributed by atoms with Crippen LogP contribution in [0.25, 0.3) is 0 Å². The molecule has 2 aromatic rings. The second-order valence-corrected chi connectivity index (χ2v) is 10.2. The van der Waals surface area contributed by atoms with Gasteiger partial charge in [-0.1, -0.05) is 31.0 Å². The monoisotopic (exact) mass is 447 g/mol. The molecule has 0 aliphatic carbocycles. The molecule has 0 bridgehead atoms. The van der Waals surface area contributed by atoms with Crippen molar-refractivity contribution < 1.29 is 13.2 Å². The SMILES string of the molecule is CSc1ccccc1NCC(=O)Nc1ccc(C)c(S(=O)(=O)N2CCCCCC2)c1. The normalized spacial score (nSPS) is 15.4. The van der Waals surface area contributed by atoms with Crippen LogP contribution in [0.1, 0.15) is 31.2 Å². The van der Waals surface area contributed by atoms with Crippen LogP contribution in [-0.2, 0) is 14.8 Å². The summed E-state index contributed by atoms with van der Waals surface area (Å²) in [5.41, 5.74) is 2.07. The zero-order valence-corrected chi connectivity index (χ0v) is 19.1. The third-order valence-electron chi connectivity index (χ3n) is 5.20. The minimum Gasteiger partial charge on any atom is -0.375 e. The van der Waals surface area contributed by atoms with Crippen molar-refractivity contribution in [2.75, 3.05) is 36.5 Å². The smallest absolute Gasteiger partial charge is 0.243 e. The summed E-state index contributed by atoms with van der Waals surface area (Å²) in [4.78, 5) is 13.8. The van der Waals surface area contributed by atoms with Gasteiger partial charge in [0.2, 0.25) is 15.9 Å². The number of nitrogens with zero attached hydrogens (tertiary/aromatic N) is 1. The van der Waals surface area contributed by atoms with Gasteiger partial charge in [0.05, 0.1) is 11.4 Å². The number of thioether (sulfide) groups is 1. The van der Waals surface area contributed by atoms with Gasteiger partial charge < -0.3 is 10.6 Å². The maximum Gasteiger partial charge on any atom is 0.243 e. The molecule has 1 heterocycles. The molecule has 162 valence electrons. The Morgan fingerprint density at radius 2 is 1.77 bits per heavy atom. The number of hydrogen-bond donors (Lipinski definition) is 2. The molecule has 0 unspecified atom stereocenters. The summed E-state index contributed by atoms with van der Waals surface area (Å²) in [6.07, 6.45) is 5.89. The number of hydrogen-bond acceptors (Lipinski definition) is 5. The Kier molecular flexibility index (Phi) is 7.80. The topological polar surface area (TPSA) is 78.5 Å². The Morgan fingerprint density at radius 1 is 1.07 bits per heavy atom. The average molecular weight is 448 g/mol. The average Bonchev–Trinajstić information content (AvgIpc) is 3.04. The number of anilines is 2. The number of rotatable bonds is 7. The van der Waals surface area contributed by atoms with Crippen LogP contribution in [0.3, 0.4) is 0 Å². The van der Waals surface area contributed by atoms with Crippen molar-refractivity contribution in [2.45, 2.75) is 42.4 Å². The lowest BCUT2D eigenvalue weighted by Gasteiger charge is -2.21. The highest BCUT2D eigenvalue weighted by Crippen LogP contribution is 2.26. The van der Waals surface area contributed by atoms with Gasteiger partial charge >= 0.3 is 0 Å². The second-order valence-electron chi connectivity index (χ2n) is 7.40. The number of sulfonamides is 1. The number of aryl methyl sites for hydroxylation is 1. The molecule has 6 nitrogen and oxygen atoms in total. The van der Waals surface area contributed by atoms with Gasteiger partial charge in [0.15, 0.2) is 0 Å². The summed E-state index contributed by atoms with van der Waals surface area (Å²) in [6.45, 7) is 2.99. The van der Waals surface area contributed by atoms with E-state index in [1.165, 1.54) is 0 Å². The maximum absolute atomic E-state index is 13.2. The molecule has 1 amide bonds. The molecule has 2 aromatic carbocycles. The predicted octanol–water partition coefficient (Wildman–Crippen LogP) is 4.33. The summed E-state index contributed by atoms with van der Waals surface area (Å²) in [6, 6.07) is 12.8. The van der Waals surface area contributed by atoms with E-state index in [4.69, 9.17) is 0 Å². The van der Waals surface area contributed by atoms with E-state index in [0.717, 1.165) is 36.3 Å². The molecule has 1 fully saturated rings. The molecule has 0 saturated carbocycles. The van der Waals surface area contributed by atoms with Crippen LogP contribution in [0, 0.1) is 6.92 Å². The molecule has 3 rings (SSSR count). The second kappa shape index (κ2) is 10.3. The zero-order chi connectivity index (χ0) is 21.6. The fraction of sp³-hybridized carbons (Fsp3) is 0.409. The highest BCUT2D eigenvalue weighted by molar-refractivity contribution is 7.98. The molecule has 1 saturated heterocycles. The van der Waals surface area contributed by atoms with Crippen molar-refractivity contribution in [3.63, 3.8) is 0 Å². The Labute approximate surface area is 183 Å². The van der Waals surface area contributed by atoms with Crippen molar-refractivity contribution in [1.82, 2.24) is 4.31 Å². The third kappa shape index (κ3) is 5.56. The van der Waals surface area contributed by atoms with Crippen molar-refractivity contribution in [3.8, 4) is 0 Å². The van der Waals surface area contributed by atoms with E-state index >= 15 is 0 Å².